The third-order valence-electron chi connectivity index (χ3n) is 3.81. The lowest BCUT2D eigenvalue weighted by atomic mass is 10.2. The van der Waals surface area contributed by atoms with Gasteiger partial charge in [0.1, 0.15) is 4.90 Å². The van der Waals surface area contributed by atoms with Crippen molar-refractivity contribution in [2.24, 2.45) is 0 Å². The third kappa shape index (κ3) is 6.22. The maximum atomic E-state index is 12.5. The lowest BCUT2D eigenvalue weighted by Gasteiger charge is -2.13. The zero-order chi connectivity index (χ0) is 19.9. The molecular formula is C17H20ClN3O5S. The van der Waals surface area contributed by atoms with Crippen LogP contribution in [0.5, 0.6) is 0 Å². The molecule has 1 aliphatic heterocycles. The Morgan fingerprint density at radius 3 is 2.78 bits per heavy atom. The zero-order valence-electron chi connectivity index (χ0n) is 14.5. The van der Waals surface area contributed by atoms with E-state index in [-0.39, 0.29) is 41.2 Å². The van der Waals surface area contributed by atoms with Gasteiger partial charge < -0.3 is 15.4 Å². The number of rotatable bonds is 8. The predicted octanol–water partition coefficient (Wildman–Crippen LogP) is 0.276. The summed E-state index contributed by atoms with van der Waals surface area (Å²) in [5.41, 5.74) is 0.0571. The van der Waals surface area contributed by atoms with Crippen LogP contribution < -0.4 is 15.4 Å². The van der Waals surface area contributed by atoms with E-state index in [1.54, 1.807) is 0 Å². The third-order valence-corrected chi connectivity index (χ3v) is 5.71. The second-order valence-electron chi connectivity index (χ2n) is 5.80. The second kappa shape index (κ2) is 9.71. The molecule has 3 N–H and O–H groups in total. The molecule has 27 heavy (non-hydrogen) atoms. The van der Waals surface area contributed by atoms with E-state index in [1.165, 1.54) is 12.1 Å². The number of hydrogen-bond acceptors (Lipinski definition) is 5. The molecule has 1 aliphatic rings. The number of benzene rings is 1. The molecule has 1 unspecified atom stereocenters. The first kappa shape index (κ1) is 21.2. The summed E-state index contributed by atoms with van der Waals surface area (Å²) in [6, 6.07) is 3.85. The van der Waals surface area contributed by atoms with Crippen molar-refractivity contribution in [2.45, 2.75) is 23.8 Å². The molecular weight excluding hydrogens is 394 g/mol. The lowest BCUT2D eigenvalue weighted by molar-refractivity contribution is -0.119. The molecule has 1 heterocycles. The molecule has 1 saturated heterocycles. The molecule has 0 saturated carbocycles. The maximum absolute atomic E-state index is 12.5. The lowest BCUT2D eigenvalue weighted by Crippen LogP contribution is -2.37. The van der Waals surface area contributed by atoms with E-state index in [0.29, 0.717) is 6.61 Å². The number of amides is 2. The van der Waals surface area contributed by atoms with Gasteiger partial charge in [0.2, 0.25) is 15.9 Å². The summed E-state index contributed by atoms with van der Waals surface area (Å²) >= 11 is 6.00. The highest BCUT2D eigenvalue weighted by Gasteiger charge is 2.23. The highest BCUT2D eigenvalue weighted by molar-refractivity contribution is 7.89. The number of hydrogen-bond donors (Lipinski definition) is 3. The average molecular weight is 414 g/mol. The molecule has 0 radical (unpaired) electrons. The first-order valence-corrected chi connectivity index (χ1v) is 10.1. The van der Waals surface area contributed by atoms with Gasteiger partial charge in [-0.3, -0.25) is 9.59 Å². The minimum absolute atomic E-state index is 0.0156. The van der Waals surface area contributed by atoms with E-state index in [4.69, 9.17) is 22.8 Å². The van der Waals surface area contributed by atoms with Crippen molar-refractivity contribution in [3.05, 3.63) is 28.8 Å². The fourth-order valence-electron chi connectivity index (χ4n) is 2.41. The Hall–Kier alpha value is -2.12. The van der Waals surface area contributed by atoms with Gasteiger partial charge in [-0.05, 0) is 31.0 Å². The maximum Gasteiger partial charge on any atom is 0.251 e. The van der Waals surface area contributed by atoms with Crippen molar-refractivity contribution in [3.8, 4) is 12.3 Å². The van der Waals surface area contributed by atoms with Crippen LogP contribution in [0.4, 0.5) is 0 Å². The molecule has 1 aromatic carbocycles. The van der Waals surface area contributed by atoms with Crippen LogP contribution in [0.3, 0.4) is 0 Å². The summed E-state index contributed by atoms with van der Waals surface area (Å²) in [4.78, 5) is 23.4. The second-order valence-corrected chi connectivity index (χ2v) is 7.94. The Morgan fingerprint density at radius 1 is 1.33 bits per heavy atom. The molecule has 10 heteroatoms. The fourth-order valence-corrected chi connectivity index (χ4v) is 4.00. The van der Waals surface area contributed by atoms with Crippen molar-refractivity contribution in [1.29, 1.82) is 0 Å². The highest BCUT2D eigenvalue weighted by atomic mass is 35.5. The van der Waals surface area contributed by atoms with Crippen LogP contribution in [0.2, 0.25) is 5.02 Å². The Kier molecular flexibility index (Phi) is 7.62. The molecule has 0 spiro atoms. The number of ether oxygens (including phenoxy) is 1. The van der Waals surface area contributed by atoms with E-state index < -0.39 is 21.8 Å². The Morgan fingerprint density at radius 2 is 2.11 bits per heavy atom. The quantitative estimate of drug-likeness (QED) is 0.529. The summed E-state index contributed by atoms with van der Waals surface area (Å²) in [6.07, 6.45) is 6.51. The molecule has 146 valence electrons. The number of halogens is 1. The molecule has 0 aliphatic carbocycles. The Labute approximate surface area is 163 Å². The molecule has 1 atom stereocenters. The first-order valence-electron chi connectivity index (χ1n) is 8.22. The minimum atomic E-state index is -3.92. The molecule has 1 aromatic rings. The van der Waals surface area contributed by atoms with Crippen molar-refractivity contribution >= 4 is 33.4 Å². The van der Waals surface area contributed by atoms with E-state index in [1.807, 2.05) is 0 Å². The molecule has 1 fully saturated rings. The van der Waals surface area contributed by atoms with Crippen molar-refractivity contribution in [1.82, 2.24) is 15.4 Å². The van der Waals surface area contributed by atoms with Gasteiger partial charge >= 0.3 is 0 Å². The van der Waals surface area contributed by atoms with Crippen LogP contribution in [0.1, 0.15) is 23.2 Å². The van der Waals surface area contributed by atoms with Crippen LogP contribution in [-0.2, 0) is 19.6 Å². The summed E-state index contributed by atoms with van der Waals surface area (Å²) in [6.45, 7) is 0.499. The fraction of sp³-hybridized carbons (Fsp3) is 0.412. The van der Waals surface area contributed by atoms with Gasteiger partial charge in [-0.2, -0.15) is 0 Å². The summed E-state index contributed by atoms with van der Waals surface area (Å²) in [5.74, 6) is 1.17. The van der Waals surface area contributed by atoms with Gasteiger partial charge in [-0.25, -0.2) is 13.1 Å². The van der Waals surface area contributed by atoms with E-state index in [2.05, 4.69) is 21.3 Å². The predicted molar refractivity (Wildman–Crippen MR) is 99.8 cm³/mol. The smallest absolute Gasteiger partial charge is 0.251 e. The zero-order valence-corrected chi connectivity index (χ0v) is 16.0. The summed E-state index contributed by atoms with van der Waals surface area (Å²) < 4.78 is 32.8. The topological polar surface area (TPSA) is 114 Å². The number of carbonyl (C=O) groups excluding carboxylic acids is 2. The monoisotopic (exact) mass is 413 g/mol. The summed E-state index contributed by atoms with van der Waals surface area (Å²) in [7, 11) is -3.92. The average Bonchev–Trinajstić information content (AvgIpc) is 3.16. The normalized spacial score (nSPS) is 16.5. The van der Waals surface area contributed by atoms with Gasteiger partial charge in [0.25, 0.3) is 5.91 Å². The SMILES string of the molecule is C#CCNC(=O)CNC(=O)c1ccc(Cl)c(S(=O)(=O)NCC2CCCO2)c1. The van der Waals surface area contributed by atoms with Crippen LogP contribution in [-0.4, -0.2) is 52.6 Å². The van der Waals surface area contributed by atoms with Crippen LogP contribution in [0.25, 0.3) is 0 Å². The van der Waals surface area contributed by atoms with Crippen LogP contribution in [0.15, 0.2) is 23.1 Å². The van der Waals surface area contributed by atoms with Crippen molar-refractivity contribution in [2.75, 3.05) is 26.2 Å². The van der Waals surface area contributed by atoms with Gasteiger partial charge in [-0.15, -0.1) is 6.42 Å². The largest absolute Gasteiger partial charge is 0.377 e. The van der Waals surface area contributed by atoms with Crippen LogP contribution >= 0.6 is 11.6 Å². The Balaban J connectivity index is 2.04. The van der Waals surface area contributed by atoms with Crippen molar-refractivity contribution < 1.29 is 22.7 Å². The van der Waals surface area contributed by atoms with Crippen LogP contribution in [0, 0.1) is 12.3 Å². The number of carbonyl (C=O) groups is 2. The van der Waals surface area contributed by atoms with Gasteiger partial charge in [0.05, 0.1) is 24.2 Å². The van der Waals surface area contributed by atoms with Gasteiger partial charge in [0.15, 0.2) is 0 Å². The van der Waals surface area contributed by atoms with Gasteiger partial charge in [-0.1, -0.05) is 17.5 Å². The highest BCUT2D eigenvalue weighted by Crippen LogP contribution is 2.23. The first-order chi connectivity index (χ1) is 12.8. The number of terminal acetylenes is 1. The summed E-state index contributed by atoms with van der Waals surface area (Å²) in [5, 5.41) is 4.77. The van der Waals surface area contributed by atoms with E-state index >= 15 is 0 Å². The number of nitrogens with one attached hydrogen (secondary N) is 3. The standard InChI is InChI=1S/C17H20ClN3O5S/c1-2-7-19-16(22)11-20-17(23)12-5-6-14(18)15(9-12)27(24,25)21-10-13-4-3-8-26-13/h1,5-6,9,13,21H,3-4,7-8,10-11H2,(H,19,22)(H,20,23). The molecule has 0 aromatic heterocycles. The molecule has 0 bridgehead atoms. The molecule has 2 rings (SSSR count). The van der Waals surface area contributed by atoms with Crippen molar-refractivity contribution in [3.63, 3.8) is 0 Å². The molecule has 8 nitrogen and oxygen atoms in total. The van der Waals surface area contributed by atoms with Gasteiger partial charge in [0, 0.05) is 18.7 Å². The molecule has 2 amide bonds. The van der Waals surface area contributed by atoms with E-state index in [9.17, 15) is 18.0 Å². The Bertz CT molecular complexity index is 845. The number of sulfonamides is 1. The minimum Gasteiger partial charge on any atom is -0.377 e. The van der Waals surface area contributed by atoms with E-state index in [0.717, 1.165) is 18.9 Å².